The molecule has 1 aliphatic rings. The fraction of sp³-hybridized carbons (Fsp3) is 0.481. The summed E-state index contributed by atoms with van der Waals surface area (Å²) >= 11 is 0. The number of halogens is 3. The normalized spacial score (nSPS) is 14.3. The van der Waals surface area contributed by atoms with E-state index in [2.05, 4.69) is 0 Å². The van der Waals surface area contributed by atoms with Gasteiger partial charge in [0.25, 0.3) is 0 Å². The van der Waals surface area contributed by atoms with E-state index in [1.54, 1.807) is 32.0 Å². The highest BCUT2D eigenvalue weighted by molar-refractivity contribution is 5.79. The first-order valence-corrected chi connectivity index (χ1v) is 12.0. The molecule has 0 saturated heterocycles. The van der Waals surface area contributed by atoms with Crippen molar-refractivity contribution in [2.75, 3.05) is 20.3 Å². The zero-order valence-corrected chi connectivity index (χ0v) is 20.8. The number of methoxy groups -OCH3 is 1. The van der Waals surface area contributed by atoms with Gasteiger partial charge >= 0.3 is 12.1 Å². The second kappa shape index (κ2) is 11.3. The van der Waals surface area contributed by atoms with Gasteiger partial charge < -0.3 is 19.5 Å². The number of rotatable bonds is 11. The average Bonchev–Trinajstić information content (AvgIpc) is 3.57. The van der Waals surface area contributed by atoms with Crippen molar-refractivity contribution in [2.24, 2.45) is 0 Å². The topological polar surface area (TPSA) is 76.1 Å². The molecule has 2 aromatic carbocycles. The van der Waals surface area contributed by atoms with Gasteiger partial charge in [0.05, 0.1) is 31.3 Å². The zero-order valence-electron chi connectivity index (χ0n) is 20.8. The van der Waals surface area contributed by atoms with Crippen LogP contribution in [0.1, 0.15) is 56.2 Å². The number of benzene rings is 2. The molecule has 1 fully saturated rings. The maximum Gasteiger partial charge on any atom is 0.416 e. The molecule has 9 heteroatoms. The summed E-state index contributed by atoms with van der Waals surface area (Å²) in [5, 5.41) is 10.1. The SMILES string of the molecule is CCOC(=O)Cc1ccc(OC)c(-c2ccc(C(F)(F)F)cc2CN(CC)C(=O)CCC2(O)CC2)c1. The molecule has 6 nitrogen and oxygen atoms in total. The molecule has 0 bridgehead atoms. The van der Waals surface area contributed by atoms with Crippen LogP contribution in [0.25, 0.3) is 11.1 Å². The lowest BCUT2D eigenvalue weighted by Crippen LogP contribution is -2.31. The van der Waals surface area contributed by atoms with Crippen molar-refractivity contribution in [3.8, 4) is 16.9 Å². The Balaban J connectivity index is 1.99. The fourth-order valence-corrected chi connectivity index (χ4v) is 4.09. The van der Waals surface area contributed by atoms with E-state index in [0.29, 0.717) is 53.8 Å². The van der Waals surface area contributed by atoms with Crippen molar-refractivity contribution in [2.45, 2.75) is 64.3 Å². The van der Waals surface area contributed by atoms with E-state index in [1.807, 2.05) is 0 Å². The molecule has 0 heterocycles. The molecule has 36 heavy (non-hydrogen) atoms. The molecule has 1 amide bonds. The second-order valence-electron chi connectivity index (χ2n) is 9.02. The third kappa shape index (κ3) is 7.00. The van der Waals surface area contributed by atoms with E-state index in [9.17, 15) is 27.9 Å². The van der Waals surface area contributed by atoms with Crippen LogP contribution in [0.4, 0.5) is 13.2 Å². The summed E-state index contributed by atoms with van der Waals surface area (Å²) in [6, 6.07) is 8.48. The van der Waals surface area contributed by atoms with E-state index in [-0.39, 0.29) is 31.9 Å². The Bertz CT molecular complexity index is 1100. The van der Waals surface area contributed by atoms with Crippen molar-refractivity contribution in [3.63, 3.8) is 0 Å². The minimum absolute atomic E-state index is 0.00326. The number of amides is 1. The summed E-state index contributed by atoms with van der Waals surface area (Å²) in [4.78, 5) is 26.3. The fourth-order valence-electron chi connectivity index (χ4n) is 4.09. The number of alkyl halides is 3. The van der Waals surface area contributed by atoms with Crippen LogP contribution in [0.15, 0.2) is 36.4 Å². The molecular formula is C27H32F3NO5. The van der Waals surface area contributed by atoms with Crippen LogP contribution in [0, 0.1) is 0 Å². The summed E-state index contributed by atoms with van der Waals surface area (Å²) in [5.74, 6) is -0.223. The second-order valence-corrected chi connectivity index (χ2v) is 9.02. The Morgan fingerprint density at radius 2 is 1.81 bits per heavy atom. The van der Waals surface area contributed by atoms with Gasteiger partial charge in [-0.1, -0.05) is 12.1 Å². The number of carbonyl (C=O) groups excluding carboxylic acids is 2. The van der Waals surface area contributed by atoms with Gasteiger partial charge in [0.1, 0.15) is 5.75 Å². The Kier molecular flexibility index (Phi) is 8.66. The molecule has 196 valence electrons. The molecule has 0 radical (unpaired) electrons. The van der Waals surface area contributed by atoms with Gasteiger partial charge in [-0.15, -0.1) is 0 Å². The first kappa shape index (κ1) is 27.5. The van der Waals surface area contributed by atoms with E-state index in [0.717, 1.165) is 12.1 Å². The minimum Gasteiger partial charge on any atom is -0.496 e. The summed E-state index contributed by atoms with van der Waals surface area (Å²) < 4.78 is 51.2. The average molecular weight is 508 g/mol. The first-order valence-electron chi connectivity index (χ1n) is 12.0. The van der Waals surface area contributed by atoms with Gasteiger partial charge in [-0.25, -0.2) is 0 Å². The maximum atomic E-state index is 13.6. The highest BCUT2D eigenvalue weighted by Crippen LogP contribution is 2.40. The summed E-state index contributed by atoms with van der Waals surface area (Å²) in [7, 11) is 1.46. The molecule has 3 rings (SSSR count). The molecule has 0 aliphatic heterocycles. The lowest BCUT2D eigenvalue weighted by atomic mass is 9.94. The van der Waals surface area contributed by atoms with Crippen molar-refractivity contribution in [1.82, 2.24) is 4.90 Å². The van der Waals surface area contributed by atoms with E-state index in [4.69, 9.17) is 9.47 Å². The van der Waals surface area contributed by atoms with Crippen molar-refractivity contribution in [3.05, 3.63) is 53.1 Å². The highest BCUT2D eigenvalue weighted by Gasteiger charge is 2.40. The third-order valence-electron chi connectivity index (χ3n) is 6.37. The third-order valence-corrected chi connectivity index (χ3v) is 6.37. The van der Waals surface area contributed by atoms with Gasteiger partial charge in [-0.2, -0.15) is 13.2 Å². The van der Waals surface area contributed by atoms with Gasteiger partial charge in [-0.05, 0) is 74.1 Å². The molecule has 0 aromatic heterocycles. The van der Waals surface area contributed by atoms with Crippen LogP contribution < -0.4 is 4.74 Å². The summed E-state index contributed by atoms with van der Waals surface area (Å²) in [6.45, 7) is 3.96. The van der Waals surface area contributed by atoms with Crippen LogP contribution in [-0.4, -0.2) is 47.7 Å². The molecule has 0 atom stereocenters. The number of hydrogen-bond donors (Lipinski definition) is 1. The molecule has 1 saturated carbocycles. The lowest BCUT2D eigenvalue weighted by Gasteiger charge is -2.24. The van der Waals surface area contributed by atoms with Crippen LogP contribution in [0.5, 0.6) is 5.75 Å². The van der Waals surface area contributed by atoms with Crippen molar-refractivity contribution < 1.29 is 37.3 Å². The quantitative estimate of drug-likeness (QED) is 0.426. The molecule has 1 N–H and O–H groups in total. The molecule has 0 spiro atoms. The molecule has 2 aromatic rings. The predicted molar refractivity (Wildman–Crippen MR) is 128 cm³/mol. The molecular weight excluding hydrogens is 475 g/mol. The number of carbonyl (C=O) groups is 2. The zero-order chi connectivity index (χ0) is 26.5. The standard InChI is InChI=1S/C27H32F3NO5/c1-4-31(24(32)10-11-26(34)12-13-26)17-19-16-20(27(28,29)30)7-8-21(19)22-14-18(6-9-23(22)35-3)15-25(33)36-5-2/h6-9,14,16,34H,4-5,10-13,15,17H2,1-3H3. The smallest absolute Gasteiger partial charge is 0.416 e. The number of nitrogens with zero attached hydrogens (tertiary/aromatic N) is 1. The predicted octanol–water partition coefficient (Wildman–Crippen LogP) is 5.14. The van der Waals surface area contributed by atoms with Crippen LogP contribution in [0.3, 0.4) is 0 Å². The maximum absolute atomic E-state index is 13.6. The summed E-state index contributed by atoms with van der Waals surface area (Å²) in [6.07, 6.45) is -2.78. The number of esters is 1. The largest absolute Gasteiger partial charge is 0.496 e. The molecule has 1 aliphatic carbocycles. The van der Waals surface area contributed by atoms with Gasteiger partial charge in [0, 0.05) is 25.1 Å². The van der Waals surface area contributed by atoms with Gasteiger partial charge in [0.2, 0.25) is 5.91 Å². The summed E-state index contributed by atoms with van der Waals surface area (Å²) in [5.41, 5.74) is 0.298. The Hall–Kier alpha value is -3.07. The Morgan fingerprint density at radius 1 is 1.08 bits per heavy atom. The number of ether oxygens (including phenoxy) is 2. The molecule has 0 unspecified atom stereocenters. The van der Waals surface area contributed by atoms with Crippen LogP contribution in [-0.2, 0) is 33.5 Å². The van der Waals surface area contributed by atoms with Crippen LogP contribution in [0.2, 0.25) is 0 Å². The minimum atomic E-state index is -4.56. The Morgan fingerprint density at radius 3 is 2.39 bits per heavy atom. The highest BCUT2D eigenvalue weighted by atomic mass is 19.4. The van der Waals surface area contributed by atoms with E-state index in [1.165, 1.54) is 18.1 Å². The van der Waals surface area contributed by atoms with Gasteiger partial charge in [-0.3, -0.25) is 9.59 Å². The van der Waals surface area contributed by atoms with E-state index < -0.39 is 23.3 Å². The lowest BCUT2D eigenvalue weighted by molar-refractivity contribution is -0.142. The monoisotopic (exact) mass is 507 g/mol. The number of aliphatic hydroxyl groups is 1. The van der Waals surface area contributed by atoms with Crippen molar-refractivity contribution >= 4 is 11.9 Å². The van der Waals surface area contributed by atoms with Crippen molar-refractivity contribution in [1.29, 1.82) is 0 Å². The van der Waals surface area contributed by atoms with Crippen LogP contribution >= 0.6 is 0 Å². The Labute approximate surface area is 209 Å². The first-order chi connectivity index (χ1) is 17.0. The number of hydrogen-bond acceptors (Lipinski definition) is 5. The van der Waals surface area contributed by atoms with E-state index >= 15 is 0 Å². The van der Waals surface area contributed by atoms with Gasteiger partial charge in [0.15, 0.2) is 0 Å².